The van der Waals surface area contributed by atoms with Crippen molar-refractivity contribution in [3.8, 4) is 0 Å². The van der Waals surface area contributed by atoms with Crippen molar-refractivity contribution in [1.29, 1.82) is 0 Å². The maximum atomic E-state index is 14.5. The molecule has 2 amide bonds. The second-order valence-corrected chi connectivity index (χ2v) is 10.3. The number of aryl methyl sites for hydroxylation is 1. The molecule has 1 aliphatic heterocycles. The minimum atomic E-state index is -1.39. The van der Waals surface area contributed by atoms with Crippen LogP contribution in [0.1, 0.15) is 48.9 Å². The summed E-state index contributed by atoms with van der Waals surface area (Å²) in [6.45, 7) is 6.70. The molecule has 0 radical (unpaired) electrons. The van der Waals surface area contributed by atoms with Crippen LogP contribution >= 0.6 is 0 Å². The lowest BCUT2D eigenvalue weighted by atomic mass is 9.65. The summed E-state index contributed by atoms with van der Waals surface area (Å²) in [5.74, 6) is -1.34. The molecule has 0 bridgehead atoms. The summed E-state index contributed by atoms with van der Waals surface area (Å²) < 4.78 is 5.61. The first-order chi connectivity index (χ1) is 17.0. The van der Waals surface area contributed by atoms with Crippen LogP contribution in [0.2, 0.25) is 0 Å². The summed E-state index contributed by atoms with van der Waals surface area (Å²) >= 11 is 0. The van der Waals surface area contributed by atoms with Gasteiger partial charge in [-0.25, -0.2) is 9.69 Å². The van der Waals surface area contributed by atoms with E-state index in [-0.39, 0.29) is 11.3 Å². The molecular weight excluding hydrogens is 456 g/mol. The van der Waals surface area contributed by atoms with Gasteiger partial charge in [0.15, 0.2) is 0 Å². The Morgan fingerprint density at radius 3 is 2.22 bits per heavy atom. The summed E-state index contributed by atoms with van der Waals surface area (Å²) in [4.78, 5) is 40.5. The Morgan fingerprint density at radius 1 is 1.00 bits per heavy atom. The fourth-order valence-electron chi connectivity index (χ4n) is 5.00. The number of nitrogens with zero attached hydrogens (tertiary/aromatic N) is 2. The summed E-state index contributed by atoms with van der Waals surface area (Å²) in [6.07, 6.45) is -0.603. The van der Waals surface area contributed by atoms with E-state index in [1.807, 2.05) is 37.3 Å². The van der Waals surface area contributed by atoms with Crippen LogP contribution in [-0.2, 0) is 21.4 Å². The van der Waals surface area contributed by atoms with E-state index in [1.54, 1.807) is 69.3 Å². The number of carbonyl (C=O) groups is 2. The van der Waals surface area contributed by atoms with Gasteiger partial charge in [0.25, 0.3) is 0 Å². The summed E-state index contributed by atoms with van der Waals surface area (Å²) in [7, 11) is 0. The Morgan fingerprint density at radius 2 is 1.61 bits per heavy atom. The normalized spacial score (nSPS) is 18.0. The summed E-state index contributed by atoms with van der Waals surface area (Å²) in [6, 6.07) is 23.8. The lowest BCUT2D eigenvalue weighted by Gasteiger charge is -2.35. The minimum absolute atomic E-state index is 0.190. The zero-order valence-electron chi connectivity index (χ0n) is 20.9. The van der Waals surface area contributed by atoms with Crippen LogP contribution in [0.5, 0.6) is 0 Å². The second kappa shape index (κ2) is 9.57. The molecule has 3 aromatic carbocycles. The predicted octanol–water partition coefficient (Wildman–Crippen LogP) is 5.82. The number of benzene rings is 3. The highest BCUT2D eigenvalue weighted by atomic mass is 16.6. The van der Waals surface area contributed by atoms with Gasteiger partial charge in [-0.2, -0.15) is 0 Å². The zero-order chi connectivity index (χ0) is 26.1. The molecule has 2 atom stereocenters. The van der Waals surface area contributed by atoms with Crippen LogP contribution in [0.4, 0.5) is 10.5 Å². The third kappa shape index (κ3) is 4.73. The number of carbonyl (C=O) groups excluding carboxylic acids is 2. The third-order valence-corrected chi connectivity index (χ3v) is 6.52. The topological polar surface area (TPSA) is 89.8 Å². The summed E-state index contributed by atoms with van der Waals surface area (Å²) in [5.41, 5.74) is 1.33. The Kier molecular flexibility index (Phi) is 6.67. The largest absolute Gasteiger partial charge is 0.443 e. The van der Waals surface area contributed by atoms with Gasteiger partial charge < -0.3 is 4.74 Å². The molecule has 0 aliphatic carbocycles. The van der Waals surface area contributed by atoms with E-state index < -0.39 is 35.5 Å². The number of amides is 2. The van der Waals surface area contributed by atoms with Crippen LogP contribution in [0, 0.1) is 17.0 Å². The van der Waals surface area contributed by atoms with Gasteiger partial charge in [-0.1, -0.05) is 78.4 Å². The van der Waals surface area contributed by atoms with Crippen molar-refractivity contribution in [1.82, 2.24) is 0 Å². The smallest absolute Gasteiger partial charge is 0.421 e. The van der Waals surface area contributed by atoms with Crippen LogP contribution in [-0.4, -0.2) is 29.1 Å². The van der Waals surface area contributed by atoms with Gasteiger partial charge in [-0.05, 0) is 56.9 Å². The van der Waals surface area contributed by atoms with Gasteiger partial charge in [-0.15, -0.1) is 0 Å². The SMILES string of the molecule is Cc1ccc(C[C@@]2([C@H](C[N+](=O)[O-])c3ccccc3)C(=O)N(C(=O)OC(C)(C)C)c3ccccc32)cc1. The van der Waals surface area contributed by atoms with E-state index in [9.17, 15) is 19.7 Å². The van der Waals surface area contributed by atoms with Crippen molar-refractivity contribution in [2.24, 2.45) is 0 Å². The molecule has 0 unspecified atom stereocenters. The van der Waals surface area contributed by atoms with Crippen molar-refractivity contribution in [3.05, 3.63) is 111 Å². The molecule has 36 heavy (non-hydrogen) atoms. The van der Waals surface area contributed by atoms with Crippen molar-refractivity contribution >= 4 is 17.7 Å². The van der Waals surface area contributed by atoms with Gasteiger partial charge in [-0.3, -0.25) is 14.9 Å². The average molecular weight is 487 g/mol. The first kappa shape index (κ1) is 25.1. The average Bonchev–Trinajstić information content (AvgIpc) is 3.07. The number of fused-ring (bicyclic) bond motifs is 1. The monoisotopic (exact) mass is 486 g/mol. The highest BCUT2D eigenvalue weighted by Crippen LogP contribution is 2.52. The first-order valence-electron chi connectivity index (χ1n) is 11.9. The number of nitro groups is 1. The van der Waals surface area contributed by atoms with E-state index in [0.717, 1.165) is 16.0 Å². The minimum Gasteiger partial charge on any atom is -0.443 e. The van der Waals surface area contributed by atoms with Crippen LogP contribution in [0.25, 0.3) is 0 Å². The Bertz CT molecular complexity index is 1280. The molecule has 0 saturated heterocycles. The number of hydrogen-bond donors (Lipinski definition) is 0. The number of para-hydroxylation sites is 1. The first-order valence-corrected chi connectivity index (χ1v) is 11.9. The Labute approximate surface area is 210 Å². The maximum Gasteiger partial charge on any atom is 0.421 e. The Balaban J connectivity index is 1.97. The molecule has 186 valence electrons. The van der Waals surface area contributed by atoms with Crippen molar-refractivity contribution in [2.75, 3.05) is 11.4 Å². The molecule has 3 aromatic rings. The zero-order valence-corrected chi connectivity index (χ0v) is 20.9. The van der Waals surface area contributed by atoms with Gasteiger partial charge in [0.2, 0.25) is 12.5 Å². The molecule has 0 N–H and O–H groups in total. The second-order valence-electron chi connectivity index (χ2n) is 10.3. The van der Waals surface area contributed by atoms with Gasteiger partial charge in [0.05, 0.1) is 17.0 Å². The van der Waals surface area contributed by atoms with Crippen molar-refractivity contribution in [2.45, 2.75) is 51.0 Å². The van der Waals surface area contributed by atoms with Gasteiger partial charge >= 0.3 is 6.09 Å². The molecule has 1 heterocycles. The van der Waals surface area contributed by atoms with Gasteiger partial charge in [0.1, 0.15) is 5.60 Å². The fourth-order valence-corrected chi connectivity index (χ4v) is 5.00. The molecule has 7 heteroatoms. The molecule has 0 fully saturated rings. The van der Waals surface area contributed by atoms with Crippen LogP contribution in [0.15, 0.2) is 78.9 Å². The number of hydrogen-bond acceptors (Lipinski definition) is 5. The molecule has 1 aliphatic rings. The fraction of sp³-hybridized carbons (Fsp3) is 0.310. The lowest BCUT2D eigenvalue weighted by Crippen LogP contribution is -2.50. The van der Waals surface area contributed by atoms with Crippen LogP contribution in [0.3, 0.4) is 0 Å². The lowest BCUT2D eigenvalue weighted by molar-refractivity contribution is -0.485. The van der Waals surface area contributed by atoms with Crippen LogP contribution < -0.4 is 4.90 Å². The van der Waals surface area contributed by atoms with Crippen molar-refractivity contribution in [3.63, 3.8) is 0 Å². The predicted molar refractivity (Wildman–Crippen MR) is 138 cm³/mol. The number of imide groups is 1. The van der Waals surface area contributed by atoms with E-state index in [4.69, 9.17) is 4.74 Å². The summed E-state index contributed by atoms with van der Waals surface area (Å²) in [5, 5.41) is 12.0. The Hall–Kier alpha value is -4.00. The molecule has 0 saturated carbocycles. The third-order valence-electron chi connectivity index (χ3n) is 6.52. The van der Waals surface area contributed by atoms with Crippen molar-refractivity contribution < 1.29 is 19.2 Å². The molecular formula is C29H30N2O5. The quantitative estimate of drug-likeness (QED) is 0.324. The number of ether oxygens (including phenoxy) is 1. The van der Waals surface area contributed by atoms with Gasteiger partial charge in [0, 0.05) is 4.92 Å². The molecule has 0 aromatic heterocycles. The molecule has 0 spiro atoms. The van der Waals surface area contributed by atoms with E-state index >= 15 is 0 Å². The van der Waals surface area contributed by atoms with E-state index in [1.165, 1.54) is 0 Å². The van der Waals surface area contributed by atoms with E-state index in [2.05, 4.69) is 0 Å². The van der Waals surface area contributed by atoms with E-state index in [0.29, 0.717) is 16.8 Å². The maximum absolute atomic E-state index is 14.5. The molecule has 7 nitrogen and oxygen atoms in total. The number of rotatable bonds is 6. The molecule has 4 rings (SSSR count). The highest BCUT2D eigenvalue weighted by Gasteiger charge is 2.59. The number of anilines is 1. The highest BCUT2D eigenvalue weighted by molar-refractivity contribution is 6.21. The standard InChI is InChI=1S/C29H30N2O5/c1-20-14-16-21(17-15-20)18-29(24(19-30(34)35)22-10-6-5-7-11-22)23-12-8-9-13-25(23)31(26(29)32)27(33)36-28(2,3)4/h5-17,24H,18-19H2,1-4H3/t24-,29-/m1/s1.